The van der Waals surface area contributed by atoms with Gasteiger partial charge in [0.15, 0.2) is 5.65 Å². The molecule has 1 aliphatic rings. The zero-order valence-corrected chi connectivity index (χ0v) is 17.8. The fourth-order valence-electron chi connectivity index (χ4n) is 4.26. The van der Waals surface area contributed by atoms with Crippen LogP contribution in [0.15, 0.2) is 60.7 Å². The van der Waals surface area contributed by atoms with Crippen molar-refractivity contribution in [3.05, 3.63) is 66.4 Å². The van der Waals surface area contributed by atoms with E-state index in [1.54, 1.807) is 0 Å². The summed E-state index contributed by atoms with van der Waals surface area (Å²) in [5.74, 6) is 1.12. The first kappa shape index (κ1) is 18.9. The summed E-state index contributed by atoms with van der Waals surface area (Å²) in [5, 5.41) is 4.93. The number of anilines is 1. The Balaban J connectivity index is 1.75. The summed E-state index contributed by atoms with van der Waals surface area (Å²) in [4.78, 5) is 9.93. The van der Waals surface area contributed by atoms with Gasteiger partial charge < -0.3 is 9.80 Å². The van der Waals surface area contributed by atoms with Crippen LogP contribution in [0.2, 0.25) is 0 Å². The van der Waals surface area contributed by atoms with E-state index >= 15 is 0 Å². The predicted molar refractivity (Wildman–Crippen MR) is 126 cm³/mol. The molecule has 0 bridgehead atoms. The van der Waals surface area contributed by atoms with Crippen molar-refractivity contribution in [1.29, 1.82) is 0 Å². The van der Waals surface area contributed by atoms with Crippen LogP contribution in [-0.2, 0) is 0 Å². The van der Waals surface area contributed by atoms with E-state index < -0.39 is 0 Å². The number of aromatic nitrogens is 3. The van der Waals surface area contributed by atoms with Gasteiger partial charge in [0.05, 0.1) is 11.4 Å². The molecule has 5 nitrogen and oxygen atoms in total. The number of benzene rings is 2. The Kier molecular flexibility index (Phi) is 4.79. The van der Waals surface area contributed by atoms with Gasteiger partial charge in [0, 0.05) is 37.8 Å². The van der Waals surface area contributed by atoms with E-state index in [2.05, 4.69) is 86.2 Å². The fraction of sp³-hybridized carbons (Fsp3) is 0.250. The molecule has 1 saturated heterocycles. The molecule has 5 rings (SSSR count). The molecule has 150 valence electrons. The number of fused-ring (bicyclic) bond motifs is 1. The molecule has 0 amide bonds. The Labute approximate surface area is 178 Å². The number of rotatable bonds is 3. The van der Waals surface area contributed by atoms with E-state index in [1.165, 1.54) is 5.46 Å². The van der Waals surface area contributed by atoms with Gasteiger partial charge in [-0.2, -0.15) is 9.61 Å². The zero-order valence-electron chi connectivity index (χ0n) is 17.8. The van der Waals surface area contributed by atoms with E-state index in [1.807, 2.05) is 10.6 Å². The fourth-order valence-corrected chi connectivity index (χ4v) is 4.26. The standard InChI is InChI=1S/C24H26BN5/c1-17-23(18-7-4-3-5-8-18)24-26-21(19-9-6-10-20(25)15-19)16-22(30(24)27-17)29-13-11-28(2)12-14-29/h3-10,15-16H,11-14,25H2,1-2H3. The van der Waals surface area contributed by atoms with Gasteiger partial charge in [-0.05, 0) is 25.1 Å². The Morgan fingerprint density at radius 2 is 1.60 bits per heavy atom. The molecule has 1 aliphatic heterocycles. The summed E-state index contributed by atoms with van der Waals surface area (Å²) in [6.07, 6.45) is 0. The molecular weight excluding hydrogens is 369 g/mol. The molecule has 4 aromatic rings. The number of hydrogen-bond donors (Lipinski definition) is 0. The average molecular weight is 395 g/mol. The van der Waals surface area contributed by atoms with Crippen molar-refractivity contribution in [1.82, 2.24) is 19.5 Å². The van der Waals surface area contributed by atoms with E-state index in [9.17, 15) is 0 Å². The molecule has 0 aliphatic carbocycles. The summed E-state index contributed by atoms with van der Waals surface area (Å²) < 4.78 is 2.04. The largest absolute Gasteiger partial charge is 0.354 e. The summed E-state index contributed by atoms with van der Waals surface area (Å²) in [7, 11) is 4.31. The van der Waals surface area contributed by atoms with Gasteiger partial charge in [-0.25, -0.2) is 4.98 Å². The highest BCUT2D eigenvalue weighted by atomic mass is 15.4. The smallest absolute Gasteiger partial charge is 0.166 e. The molecule has 0 N–H and O–H groups in total. The van der Waals surface area contributed by atoms with Crippen LogP contribution in [0.25, 0.3) is 28.0 Å². The molecular formula is C24H26BN5. The number of likely N-dealkylation sites (N-methyl/N-ethyl adjacent to an activating group) is 1. The third-order valence-electron chi connectivity index (χ3n) is 5.95. The quantitative estimate of drug-likeness (QED) is 0.500. The van der Waals surface area contributed by atoms with E-state index in [-0.39, 0.29) is 0 Å². The van der Waals surface area contributed by atoms with E-state index in [4.69, 9.17) is 10.1 Å². The summed E-state index contributed by atoms with van der Waals surface area (Å²) >= 11 is 0. The average Bonchev–Trinajstić information content (AvgIpc) is 3.10. The molecule has 6 heteroatoms. The minimum Gasteiger partial charge on any atom is -0.354 e. The highest BCUT2D eigenvalue weighted by Crippen LogP contribution is 2.32. The molecule has 0 atom stereocenters. The Bertz CT molecular complexity index is 1190. The van der Waals surface area contributed by atoms with Gasteiger partial charge in [-0.15, -0.1) is 0 Å². The second kappa shape index (κ2) is 7.61. The van der Waals surface area contributed by atoms with Crippen LogP contribution < -0.4 is 10.4 Å². The lowest BCUT2D eigenvalue weighted by Gasteiger charge is -2.34. The normalized spacial score (nSPS) is 15.1. The number of hydrogen-bond acceptors (Lipinski definition) is 4. The third kappa shape index (κ3) is 3.37. The lowest BCUT2D eigenvalue weighted by atomic mass is 9.93. The van der Waals surface area contributed by atoms with Crippen LogP contribution >= 0.6 is 0 Å². The highest BCUT2D eigenvalue weighted by molar-refractivity contribution is 6.32. The van der Waals surface area contributed by atoms with Crippen LogP contribution in [-0.4, -0.2) is 60.6 Å². The van der Waals surface area contributed by atoms with Crippen molar-refractivity contribution < 1.29 is 0 Å². The van der Waals surface area contributed by atoms with Gasteiger partial charge >= 0.3 is 0 Å². The number of aryl methyl sites for hydroxylation is 1. The first-order valence-corrected chi connectivity index (χ1v) is 10.6. The maximum absolute atomic E-state index is 5.12. The second-order valence-corrected chi connectivity index (χ2v) is 8.22. The molecule has 1 fully saturated rings. The molecule has 2 aromatic carbocycles. The van der Waals surface area contributed by atoms with Crippen molar-refractivity contribution in [3.63, 3.8) is 0 Å². The number of nitrogens with zero attached hydrogens (tertiary/aromatic N) is 5. The molecule has 3 heterocycles. The third-order valence-corrected chi connectivity index (χ3v) is 5.95. The SMILES string of the molecule is Bc1cccc(-c2cc(N3CCN(C)CC3)n3nc(C)c(-c4ccccc4)c3n2)c1. The second-order valence-electron chi connectivity index (χ2n) is 8.22. The first-order chi connectivity index (χ1) is 14.6. The molecule has 0 unspecified atom stereocenters. The minimum atomic E-state index is 0.923. The molecule has 0 saturated carbocycles. The lowest BCUT2D eigenvalue weighted by Crippen LogP contribution is -2.45. The van der Waals surface area contributed by atoms with Crippen LogP contribution in [0.3, 0.4) is 0 Å². The van der Waals surface area contributed by atoms with Crippen molar-refractivity contribution >= 4 is 24.8 Å². The van der Waals surface area contributed by atoms with Crippen LogP contribution in [0.4, 0.5) is 5.82 Å². The summed E-state index contributed by atoms with van der Waals surface area (Å²) in [5.41, 5.74) is 7.58. The van der Waals surface area contributed by atoms with Crippen molar-refractivity contribution in [3.8, 4) is 22.4 Å². The molecule has 30 heavy (non-hydrogen) atoms. The lowest BCUT2D eigenvalue weighted by molar-refractivity contribution is 0.311. The summed E-state index contributed by atoms with van der Waals surface area (Å²) in [6, 6.07) is 21.3. The molecule has 0 radical (unpaired) electrons. The van der Waals surface area contributed by atoms with Crippen LogP contribution in [0.5, 0.6) is 0 Å². The van der Waals surface area contributed by atoms with Crippen LogP contribution in [0, 0.1) is 6.92 Å². The topological polar surface area (TPSA) is 36.7 Å². The predicted octanol–water partition coefficient (Wildman–Crippen LogP) is 2.38. The highest BCUT2D eigenvalue weighted by Gasteiger charge is 2.22. The number of piperazine rings is 1. The summed E-state index contributed by atoms with van der Waals surface area (Å²) in [6.45, 7) is 6.16. The van der Waals surface area contributed by atoms with Crippen molar-refractivity contribution in [2.24, 2.45) is 0 Å². The van der Waals surface area contributed by atoms with E-state index in [0.29, 0.717) is 0 Å². The first-order valence-electron chi connectivity index (χ1n) is 10.6. The van der Waals surface area contributed by atoms with Gasteiger partial charge in [0.2, 0.25) is 0 Å². The van der Waals surface area contributed by atoms with Gasteiger partial charge in [0.25, 0.3) is 0 Å². The molecule has 0 spiro atoms. The molecule has 2 aromatic heterocycles. The van der Waals surface area contributed by atoms with Crippen molar-refractivity contribution in [2.75, 3.05) is 38.1 Å². The Morgan fingerprint density at radius 3 is 2.33 bits per heavy atom. The zero-order chi connectivity index (χ0) is 20.7. The maximum Gasteiger partial charge on any atom is 0.166 e. The monoisotopic (exact) mass is 395 g/mol. The Morgan fingerprint density at radius 1 is 0.867 bits per heavy atom. The Hall–Kier alpha value is -3.12. The maximum atomic E-state index is 5.12. The van der Waals surface area contributed by atoms with Crippen LogP contribution in [0.1, 0.15) is 5.69 Å². The van der Waals surface area contributed by atoms with Gasteiger partial charge in [-0.3, -0.25) is 0 Å². The van der Waals surface area contributed by atoms with E-state index in [0.717, 1.165) is 65.7 Å². The van der Waals surface area contributed by atoms with Gasteiger partial charge in [-0.1, -0.05) is 60.1 Å². The minimum absolute atomic E-state index is 0.923. The van der Waals surface area contributed by atoms with Crippen molar-refractivity contribution in [2.45, 2.75) is 6.92 Å². The van der Waals surface area contributed by atoms with Gasteiger partial charge in [0.1, 0.15) is 13.7 Å².